The SMILES string of the molecule is COc1ccc(NCc2csc(C)n2)cc1OC(F)F. The summed E-state index contributed by atoms with van der Waals surface area (Å²) in [6.07, 6.45) is 0. The van der Waals surface area contributed by atoms with E-state index in [1.807, 2.05) is 12.3 Å². The molecule has 0 saturated heterocycles. The van der Waals surface area contributed by atoms with E-state index in [-0.39, 0.29) is 11.5 Å². The summed E-state index contributed by atoms with van der Waals surface area (Å²) in [7, 11) is 1.40. The van der Waals surface area contributed by atoms with Gasteiger partial charge in [0.25, 0.3) is 0 Å². The van der Waals surface area contributed by atoms with E-state index in [4.69, 9.17) is 4.74 Å². The van der Waals surface area contributed by atoms with E-state index in [1.54, 1.807) is 23.5 Å². The van der Waals surface area contributed by atoms with Gasteiger partial charge >= 0.3 is 6.61 Å². The van der Waals surface area contributed by atoms with Crippen LogP contribution < -0.4 is 14.8 Å². The molecule has 0 aliphatic rings. The maximum absolute atomic E-state index is 12.3. The molecule has 0 spiro atoms. The van der Waals surface area contributed by atoms with Crippen molar-refractivity contribution in [2.24, 2.45) is 0 Å². The Morgan fingerprint density at radius 3 is 2.75 bits per heavy atom. The molecule has 1 heterocycles. The van der Waals surface area contributed by atoms with Crippen molar-refractivity contribution in [1.29, 1.82) is 0 Å². The summed E-state index contributed by atoms with van der Waals surface area (Å²) in [6.45, 7) is -0.443. The maximum atomic E-state index is 12.3. The van der Waals surface area contributed by atoms with E-state index in [2.05, 4.69) is 15.0 Å². The van der Waals surface area contributed by atoms with Crippen molar-refractivity contribution in [3.8, 4) is 11.5 Å². The molecule has 0 atom stereocenters. The van der Waals surface area contributed by atoms with E-state index in [0.717, 1.165) is 10.7 Å². The molecule has 1 aromatic heterocycles. The molecule has 4 nitrogen and oxygen atoms in total. The van der Waals surface area contributed by atoms with Crippen LogP contribution in [-0.2, 0) is 6.54 Å². The first kappa shape index (κ1) is 14.5. The first-order valence-electron chi connectivity index (χ1n) is 5.86. The van der Waals surface area contributed by atoms with Gasteiger partial charge in [-0.05, 0) is 19.1 Å². The summed E-state index contributed by atoms with van der Waals surface area (Å²) >= 11 is 1.56. The number of anilines is 1. The van der Waals surface area contributed by atoms with Crippen LogP contribution >= 0.6 is 11.3 Å². The minimum absolute atomic E-state index is 0.00181. The lowest BCUT2D eigenvalue weighted by Crippen LogP contribution is -2.05. The minimum atomic E-state index is -2.89. The van der Waals surface area contributed by atoms with Crippen molar-refractivity contribution < 1.29 is 18.3 Å². The van der Waals surface area contributed by atoms with Crippen molar-refractivity contribution in [2.45, 2.75) is 20.1 Å². The number of nitrogens with zero attached hydrogens (tertiary/aromatic N) is 1. The maximum Gasteiger partial charge on any atom is 0.387 e. The Morgan fingerprint density at radius 2 is 2.15 bits per heavy atom. The zero-order valence-corrected chi connectivity index (χ0v) is 11.8. The quantitative estimate of drug-likeness (QED) is 0.884. The van der Waals surface area contributed by atoms with Crippen LogP contribution in [0.2, 0.25) is 0 Å². The van der Waals surface area contributed by atoms with Gasteiger partial charge in [-0.2, -0.15) is 8.78 Å². The molecule has 0 saturated carbocycles. The summed E-state index contributed by atoms with van der Waals surface area (Å²) in [5.41, 5.74) is 1.56. The molecule has 1 aromatic carbocycles. The van der Waals surface area contributed by atoms with Gasteiger partial charge < -0.3 is 14.8 Å². The van der Waals surface area contributed by atoms with E-state index >= 15 is 0 Å². The first-order valence-corrected chi connectivity index (χ1v) is 6.74. The number of methoxy groups -OCH3 is 1. The topological polar surface area (TPSA) is 43.4 Å². The molecule has 0 bridgehead atoms. The van der Waals surface area contributed by atoms with Gasteiger partial charge in [0.15, 0.2) is 11.5 Å². The normalized spacial score (nSPS) is 10.7. The number of benzene rings is 1. The summed E-state index contributed by atoms with van der Waals surface area (Å²) in [6, 6.07) is 4.78. The molecule has 0 amide bonds. The molecule has 20 heavy (non-hydrogen) atoms. The number of alkyl halides is 2. The second-order valence-electron chi connectivity index (χ2n) is 3.96. The summed E-state index contributed by atoms with van der Waals surface area (Å²) in [4.78, 5) is 4.31. The van der Waals surface area contributed by atoms with Crippen LogP contribution in [0.15, 0.2) is 23.6 Å². The molecule has 0 fully saturated rings. The number of rotatable bonds is 6. The van der Waals surface area contributed by atoms with E-state index in [1.165, 1.54) is 13.2 Å². The second kappa shape index (κ2) is 6.51. The third kappa shape index (κ3) is 3.80. The molecule has 7 heteroatoms. The predicted molar refractivity (Wildman–Crippen MR) is 73.8 cm³/mol. The van der Waals surface area contributed by atoms with Gasteiger partial charge in [0.2, 0.25) is 0 Å². The van der Waals surface area contributed by atoms with Crippen LogP contribution in [0.4, 0.5) is 14.5 Å². The zero-order valence-electron chi connectivity index (χ0n) is 11.0. The number of hydrogen-bond donors (Lipinski definition) is 1. The highest BCUT2D eigenvalue weighted by Gasteiger charge is 2.11. The molecular weight excluding hydrogens is 286 g/mol. The molecule has 0 unspecified atom stereocenters. The number of hydrogen-bond acceptors (Lipinski definition) is 5. The highest BCUT2D eigenvalue weighted by atomic mass is 32.1. The van der Waals surface area contributed by atoms with Gasteiger partial charge in [0, 0.05) is 17.1 Å². The lowest BCUT2D eigenvalue weighted by molar-refractivity contribution is -0.0511. The van der Waals surface area contributed by atoms with Gasteiger partial charge in [-0.1, -0.05) is 0 Å². The van der Waals surface area contributed by atoms with Gasteiger partial charge in [0.1, 0.15) is 0 Å². The molecule has 2 rings (SSSR count). The number of aryl methyl sites for hydroxylation is 1. The van der Waals surface area contributed by atoms with Gasteiger partial charge in [-0.25, -0.2) is 4.98 Å². The Bertz CT molecular complexity index is 575. The van der Waals surface area contributed by atoms with Gasteiger partial charge in [0.05, 0.1) is 24.4 Å². The molecule has 2 aromatic rings. The molecule has 0 radical (unpaired) electrons. The van der Waals surface area contributed by atoms with Crippen LogP contribution in [0.3, 0.4) is 0 Å². The molecule has 108 valence electrons. The highest BCUT2D eigenvalue weighted by molar-refractivity contribution is 7.09. The minimum Gasteiger partial charge on any atom is -0.493 e. The lowest BCUT2D eigenvalue weighted by atomic mass is 10.2. The third-order valence-electron chi connectivity index (χ3n) is 2.52. The Balaban J connectivity index is 2.07. The summed E-state index contributed by atoms with van der Waals surface area (Å²) in [5.74, 6) is 0.266. The van der Waals surface area contributed by atoms with Gasteiger partial charge in [-0.3, -0.25) is 0 Å². The smallest absolute Gasteiger partial charge is 0.387 e. The lowest BCUT2D eigenvalue weighted by Gasteiger charge is -2.12. The Hall–Kier alpha value is -1.89. The van der Waals surface area contributed by atoms with Crippen LogP contribution in [0, 0.1) is 6.92 Å². The standard InChI is InChI=1S/C13H14F2N2O2S/c1-8-17-10(7-20-8)6-16-9-3-4-11(18-2)12(5-9)19-13(14)15/h3-5,7,13,16H,6H2,1-2H3. The largest absolute Gasteiger partial charge is 0.493 e. The Morgan fingerprint density at radius 1 is 1.35 bits per heavy atom. The van der Waals surface area contributed by atoms with Crippen molar-refractivity contribution in [1.82, 2.24) is 4.98 Å². The number of halogens is 2. The monoisotopic (exact) mass is 300 g/mol. The second-order valence-corrected chi connectivity index (χ2v) is 5.02. The van der Waals surface area contributed by atoms with Crippen molar-refractivity contribution >= 4 is 17.0 Å². The summed E-state index contributed by atoms with van der Waals surface area (Å²) in [5, 5.41) is 6.03. The van der Waals surface area contributed by atoms with E-state index < -0.39 is 6.61 Å². The van der Waals surface area contributed by atoms with E-state index in [9.17, 15) is 8.78 Å². The molecule has 0 aliphatic carbocycles. The van der Waals surface area contributed by atoms with E-state index in [0.29, 0.717) is 12.2 Å². The van der Waals surface area contributed by atoms with Crippen LogP contribution in [0.1, 0.15) is 10.7 Å². The zero-order chi connectivity index (χ0) is 14.5. The van der Waals surface area contributed by atoms with Gasteiger partial charge in [-0.15, -0.1) is 11.3 Å². The third-order valence-corrected chi connectivity index (χ3v) is 3.34. The number of ether oxygens (including phenoxy) is 2. The Labute approximate surface area is 119 Å². The van der Waals surface area contributed by atoms with Crippen LogP contribution in [-0.4, -0.2) is 18.7 Å². The number of aromatic nitrogens is 1. The fourth-order valence-corrected chi connectivity index (χ4v) is 2.27. The predicted octanol–water partition coefficient (Wildman–Crippen LogP) is 3.67. The Kier molecular flexibility index (Phi) is 4.73. The summed E-state index contributed by atoms with van der Waals surface area (Å²) < 4.78 is 34.0. The first-order chi connectivity index (χ1) is 9.58. The fourth-order valence-electron chi connectivity index (χ4n) is 1.66. The van der Waals surface area contributed by atoms with Crippen molar-refractivity contribution in [3.63, 3.8) is 0 Å². The number of thiazole rings is 1. The fraction of sp³-hybridized carbons (Fsp3) is 0.308. The van der Waals surface area contributed by atoms with Crippen molar-refractivity contribution in [3.05, 3.63) is 34.3 Å². The molecule has 1 N–H and O–H groups in total. The van der Waals surface area contributed by atoms with Crippen LogP contribution in [0.25, 0.3) is 0 Å². The van der Waals surface area contributed by atoms with Crippen LogP contribution in [0.5, 0.6) is 11.5 Å². The highest BCUT2D eigenvalue weighted by Crippen LogP contribution is 2.31. The van der Waals surface area contributed by atoms with Crippen molar-refractivity contribution in [2.75, 3.05) is 12.4 Å². The number of nitrogens with one attached hydrogen (secondary N) is 1. The molecular formula is C13H14F2N2O2S. The average molecular weight is 300 g/mol. The average Bonchev–Trinajstić information content (AvgIpc) is 2.82. The molecule has 0 aliphatic heterocycles.